The van der Waals surface area contributed by atoms with Gasteiger partial charge in [0.25, 0.3) is 5.56 Å². The molecule has 140 valence electrons. The summed E-state index contributed by atoms with van der Waals surface area (Å²) in [6.45, 7) is 3.44. The van der Waals surface area contributed by atoms with Crippen molar-refractivity contribution in [1.82, 2.24) is 14.9 Å². The van der Waals surface area contributed by atoms with Crippen molar-refractivity contribution in [3.8, 4) is 0 Å². The van der Waals surface area contributed by atoms with Crippen LogP contribution in [0.4, 0.5) is 0 Å². The molecule has 8 heteroatoms. The number of thioether (sulfide) groups is 1. The number of nitrogens with one attached hydrogen (secondary N) is 1. The van der Waals surface area contributed by atoms with Gasteiger partial charge in [0, 0.05) is 0 Å². The van der Waals surface area contributed by atoms with Crippen LogP contribution in [0, 0.1) is 5.92 Å². The smallest absolute Gasteiger partial charge is 0.326 e. The standard InChI is InChI=1S/C18H23N3O4S/c1-11(2)15(18(24)25)20-16(22)14(8-9-26-3)21-10-19-13-7-5-4-6-12(13)17(21)23/h4-7,10-11,14-15H,8-9H2,1-3H3,(H,20,22)(H,24,25)/t14-,15-/m0/s1. The second-order valence-corrected chi connectivity index (χ2v) is 7.33. The molecule has 0 saturated carbocycles. The maximum Gasteiger partial charge on any atom is 0.326 e. The third-order valence-electron chi connectivity index (χ3n) is 4.15. The molecule has 0 bridgehead atoms. The van der Waals surface area contributed by atoms with Gasteiger partial charge in [-0.15, -0.1) is 0 Å². The summed E-state index contributed by atoms with van der Waals surface area (Å²) >= 11 is 1.55. The van der Waals surface area contributed by atoms with Crippen LogP contribution in [-0.4, -0.2) is 44.6 Å². The zero-order chi connectivity index (χ0) is 19.3. The van der Waals surface area contributed by atoms with Crippen LogP contribution >= 0.6 is 11.8 Å². The van der Waals surface area contributed by atoms with Crippen molar-refractivity contribution in [3.63, 3.8) is 0 Å². The second-order valence-electron chi connectivity index (χ2n) is 6.34. The van der Waals surface area contributed by atoms with E-state index in [1.54, 1.807) is 49.9 Å². The summed E-state index contributed by atoms with van der Waals surface area (Å²) < 4.78 is 1.30. The van der Waals surface area contributed by atoms with Crippen LogP contribution in [0.2, 0.25) is 0 Å². The molecule has 2 aromatic rings. The fourth-order valence-electron chi connectivity index (χ4n) is 2.69. The Balaban J connectivity index is 2.41. The number of carbonyl (C=O) groups excluding carboxylic acids is 1. The molecular weight excluding hydrogens is 354 g/mol. The predicted molar refractivity (Wildman–Crippen MR) is 102 cm³/mol. The maximum absolute atomic E-state index is 12.8. The van der Waals surface area contributed by atoms with Crippen molar-refractivity contribution >= 4 is 34.5 Å². The van der Waals surface area contributed by atoms with E-state index in [0.717, 1.165) is 0 Å². The number of nitrogens with zero attached hydrogens (tertiary/aromatic N) is 2. The van der Waals surface area contributed by atoms with Crippen LogP contribution in [0.15, 0.2) is 35.4 Å². The van der Waals surface area contributed by atoms with Gasteiger partial charge >= 0.3 is 5.97 Å². The van der Waals surface area contributed by atoms with E-state index < -0.39 is 24.0 Å². The highest BCUT2D eigenvalue weighted by Gasteiger charge is 2.29. The van der Waals surface area contributed by atoms with Gasteiger partial charge in [-0.1, -0.05) is 26.0 Å². The quantitative estimate of drug-likeness (QED) is 0.729. The molecule has 2 rings (SSSR count). The number of carboxylic acid groups (broad SMARTS) is 1. The van der Waals surface area contributed by atoms with Gasteiger partial charge in [0.05, 0.1) is 17.2 Å². The molecule has 26 heavy (non-hydrogen) atoms. The molecular formula is C18H23N3O4S. The van der Waals surface area contributed by atoms with Gasteiger partial charge in [0.2, 0.25) is 5.91 Å². The number of aromatic nitrogens is 2. The Morgan fingerprint density at radius 2 is 2.00 bits per heavy atom. The van der Waals surface area contributed by atoms with Gasteiger partial charge < -0.3 is 10.4 Å². The van der Waals surface area contributed by atoms with E-state index in [0.29, 0.717) is 23.1 Å². The van der Waals surface area contributed by atoms with Gasteiger partial charge in [-0.2, -0.15) is 11.8 Å². The monoisotopic (exact) mass is 377 g/mol. The van der Waals surface area contributed by atoms with Crippen LogP contribution in [0.3, 0.4) is 0 Å². The molecule has 0 saturated heterocycles. The Hall–Kier alpha value is -2.35. The van der Waals surface area contributed by atoms with E-state index in [9.17, 15) is 19.5 Å². The number of aliphatic carboxylic acids is 1. The Kier molecular flexibility index (Phi) is 6.79. The van der Waals surface area contributed by atoms with E-state index >= 15 is 0 Å². The fraction of sp³-hybridized carbons (Fsp3) is 0.444. The first-order valence-electron chi connectivity index (χ1n) is 8.34. The normalized spacial score (nSPS) is 13.5. The van der Waals surface area contributed by atoms with E-state index in [-0.39, 0.29) is 11.5 Å². The number of fused-ring (bicyclic) bond motifs is 1. The van der Waals surface area contributed by atoms with Crippen LogP contribution in [0.1, 0.15) is 26.3 Å². The van der Waals surface area contributed by atoms with Crippen molar-refractivity contribution < 1.29 is 14.7 Å². The van der Waals surface area contributed by atoms with Gasteiger partial charge in [0.1, 0.15) is 12.1 Å². The highest BCUT2D eigenvalue weighted by Crippen LogP contribution is 2.16. The molecule has 0 unspecified atom stereocenters. The molecule has 2 N–H and O–H groups in total. The van der Waals surface area contributed by atoms with Gasteiger partial charge in [-0.3, -0.25) is 14.2 Å². The number of para-hydroxylation sites is 1. The third-order valence-corrected chi connectivity index (χ3v) is 4.80. The SMILES string of the molecule is CSCC[C@@H](C(=O)N[C@H](C(=O)O)C(C)C)n1cnc2ccccc2c1=O. The van der Waals surface area contributed by atoms with E-state index in [1.165, 1.54) is 10.9 Å². The summed E-state index contributed by atoms with van der Waals surface area (Å²) in [5, 5.41) is 12.3. The van der Waals surface area contributed by atoms with E-state index in [4.69, 9.17) is 0 Å². The van der Waals surface area contributed by atoms with Crippen LogP contribution in [0.25, 0.3) is 10.9 Å². The zero-order valence-electron chi connectivity index (χ0n) is 15.0. The lowest BCUT2D eigenvalue weighted by atomic mass is 10.0. The number of rotatable bonds is 8. The summed E-state index contributed by atoms with van der Waals surface area (Å²) in [6.07, 6.45) is 3.67. The zero-order valence-corrected chi connectivity index (χ0v) is 15.8. The molecule has 1 heterocycles. The van der Waals surface area contributed by atoms with Gasteiger partial charge in [-0.25, -0.2) is 9.78 Å². The lowest BCUT2D eigenvalue weighted by molar-refractivity contribution is -0.143. The first-order valence-corrected chi connectivity index (χ1v) is 9.74. The summed E-state index contributed by atoms with van der Waals surface area (Å²) in [7, 11) is 0. The first-order chi connectivity index (χ1) is 12.4. The minimum atomic E-state index is -1.10. The highest BCUT2D eigenvalue weighted by molar-refractivity contribution is 7.98. The number of carbonyl (C=O) groups is 2. The van der Waals surface area contributed by atoms with E-state index in [2.05, 4.69) is 10.3 Å². The Labute approximate surface area is 155 Å². The number of hydrogen-bond donors (Lipinski definition) is 2. The number of amides is 1. The summed E-state index contributed by atoms with van der Waals surface area (Å²) in [5.74, 6) is -1.21. The van der Waals surface area contributed by atoms with Crippen LogP contribution in [-0.2, 0) is 9.59 Å². The van der Waals surface area contributed by atoms with Gasteiger partial charge in [-0.05, 0) is 36.5 Å². The highest BCUT2D eigenvalue weighted by atomic mass is 32.2. The molecule has 0 spiro atoms. The topological polar surface area (TPSA) is 101 Å². The molecule has 7 nitrogen and oxygen atoms in total. The molecule has 2 atom stereocenters. The lowest BCUT2D eigenvalue weighted by Gasteiger charge is -2.23. The molecule has 0 aliphatic carbocycles. The second kappa shape index (κ2) is 8.84. The van der Waals surface area contributed by atoms with Crippen LogP contribution in [0.5, 0.6) is 0 Å². The molecule has 0 radical (unpaired) electrons. The summed E-state index contributed by atoms with van der Waals surface area (Å²) in [4.78, 5) is 41.3. The summed E-state index contributed by atoms with van der Waals surface area (Å²) in [6, 6.07) is 5.11. The third kappa shape index (κ3) is 4.43. The van der Waals surface area contributed by atoms with Crippen molar-refractivity contribution in [3.05, 3.63) is 40.9 Å². The molecule has 1 aromatic carbocycles. The van der Waals surface area contributed by atoms with E-state index in [1.807, 2.05) is 6.26 Å². The average molecular weight is 377 g/mol. The van der Waals surface area contributed by atoms with Crippen molar-refractivity contribution in [2.75, 3.05) is 12.0 Å². The molecule has 0 aliphatic heterocycles. The van der Waals surface area contributed by atoms with Crippen LogP contribution < -0.4 is 10.9 Å². The lowest BCUT2D eigenvalue weighted by Crippen LogP contribution is -2.48. The largest absolute Gasteiger partial charge is 0.480 e. The summed E-state index contributed by atoms with van der Waals surface area (Å²) in [5.41, 5.74) is 0.247. The Morgan fingerprint density at radius 3 is 2.62 bits per heavy atom. The maximum atomic E-state index is 12.8. The number of carboxylic acids is 1. The Bertz CT molecular complexity index is 850. The number of hydrogen-bond acceptors (Lipinski definition) is 5. The predicted octanol–water partition coefficient (Wildman–Crippen LogP) is 1.92. The fourth-order valence-corrected chi connectivity index (χ4v) is 3.15. The van der Waals surface area contributed by atoms with Crippen molar-refractivity contribution in [1.29, 1.82) is 0 Å². The molecule has 1 amide bonds. The number of benzene rings is 1. The average Bonchev–Trinajstić information content (AvgIpc) is 2.61. The van der Waals surface area contributed by atoms with Crippen molar-refractivity contribution in [2.24, 2.45) is 5.92 Å². The van der Waals surface area contributed by atoms with Crippen molar-refractivity contribution in [2.45, 2.75) is 32.4 Å². The molecule has 1 aromatic heterocycles. The Morgan fingerprint density at radius 1 is 1.31 bits per heavy atom. The minimum absolute atomic E-state index is 0.274. The minimum Gasteiger partial charge on any atom is -0.480 e. The van der Waals surface area contributed by atoms with Gasteiger partial charge in [0.15, 0.2) is 0 Å². The molecule has 0 aliphatic rings. The first kappa shape index (κ1) is 20.0. The molecule has 0 fully saturated rings.